The van der Waals surface area contributed by atoms with Gasteiger partial charge in [0.1, 0.15) is 0 Å². The molecule has 0 bridgehead atoms. The molecule has 0 aromatic heterocycles. The highest BCUT2D eigenvalue weighted by atomic mass is 14.9. The van der Waals surface area contributed by atoms with E-state index in [1.807, 2.05) is 0 Å². The largest absolute Gasteiger partial charge is 0.313 e. The Balaban J connectivity index is 1.44. The molecular formula is C33H53N. The molecule has 0 unspecified atom stereocenters. The van der Waals surface area contributed by atoms with Crippen LogP contribution >= 0.6 is 0 Å². The maximum Gasteiger partial charge on any atom is 0.0148 e. The molecule has 0 atom stereocenters. The molecule has 0 radical (unpaired) electrons. The van der Waals surface area contributed by atoms with Crippen molar-refractivity contribution in [3.05, 3.63) is 71.8 Å². The van der Waals surface area contributed by atoms with E-state index in [4.69, 9.17) is 0 Å². The first kappa shape index (κ1) is 28.6. The van der Waals surface area contributed by atoms with E-state index in [0.29, 0.717) is 6.04 Å². The van der Waals surface area contributed by atoms with Crippen molar-refractivity contribution in [1.82, 2.24) is 5.32 Å². The summed E-state index contributed by atoms with van der Waals surface area (Å²) in [6.45, 7) is 3.44. The van der Waals surface area contributed by atoms with E-state index in [1.54, 1.807) is 0 Å². The maximum absolute atomic E-state index is 3.87. The zero-order valence-corrected chi connectivity index (χ0v) is 22.3. The van der Waals surface area contributed by atoms with Gasteiger partial charge in [0.05, 0.1) is 0 Å². The SMILES string of the molecule is CCCCCCCCCCCCCCCCCCNC(Cc1ccccc1)Cc1ccccc1. The van der Waals surface area contributed by atoms with E-state index < -0.39 is 0 Å². The molecule has 0 amide bonds. The molecule has 190 valence electrons. The van der Waals surface area contributed by atoms with Crippen molar-refractivity contribution >= 4 is 0 Å². The lowest BCUT2D eigenvalue weighted by atomic mass is 9.98. The molecule has 0 aliphatic heterocycles. The lowest BCUT2D eigenvalue weighted by Crippen LogP contribution is -2.34. The van der Waals surface area contributed by atoms with Crippen molar-refractivity contribution in [2.24, 2.45) is 0 Å². The van der Waals surface area contributed by atoms with Crippen LogP contribution in [0.1, 0.15) is 121 Å². The summed E-state index contributed by atoms with van der Waals surface area (Å²) in [5.74, 6) is 0. The zero-order chi connectivity index (χ0) is 23.9. The van der Waals surface area contributed by atoms with Gasteiger partial charge in [-0.15, -0.1) is 0 Å². The fourth-order valence-corrected chi connectivity index (χ4v) is 4.99. The van der Waals surface area contributed by atoms with Crippen LogP contribution in [-0.2, 0) is 12.8 Å². The average molecular weight is 464 g/mol. The maximum atomic E-state index is 3.87. The third kappa shape index (κ3) is 15.3. The van der Waals surface area contributed by atoms with Gasteiger partial charge in [-0.05, 0) is 36.9 Å². The van der Waals surface area contributed by atoms with Gasteiger partial charge >= 0.3 is 0 Å². The smallest absolute Gasteiger partial charge is 0.0148 e. The van der Waals surface area contributed by atoms with Crippen LogP contribution in [0.5, 0.6) is 0 Å². The molecular weight excluding hydrogens is 410 g/mol. The number of nitrogens with one attached hydrogen (secondary N) is 1. The number of hydrogen-bond donors (Lipinski definition) is 1. The zero-order valence-electron chi connectivity index (χ0n) is 22.3. The van der Waals surface area contributed by atoms with E-state index in [1.165, 1.54) is 114 Å². The first-order valence-corrected chi connectivity index (χ1v) is 14.7. The molecule has 0 aliphatic carbocycles. The van der Waals surface area contributed by atoms with Gasteiger partial charge in [-0.2, -0.15) is 0 Å². The van der Waals surface area contributed by atoms with E-state index >= 15 is 0 Å². The van der Waals surface area contributed by atoms with Gasteiger partial charge in [0.25, 0.3) is 0 Å². The van der Waals surface area contributed by atoms with Crippen molar-refractivity contribution in [1.29, 1.82) is 0 Å². The Labute approximate surface area is 212 Å². The number of hydrogen-bond acceptors (Lipinski definition) is 1. The second-order valence-corrected chi connectivity index (χ2v) is 10.3. The first-order chi connectivity index (χ1) is 16.9. The summed E-state index contributed by atoms with van der Waals surface area (Å²) in [5.41, 5.74) is 2.87. The van der Waals surface area contributed by atoms with Crippen molar-refractivity contribution in [3.8, 4) is 0 Å². The summed E-state index contributed by atoms with van der Waals surface area (Å²) in [6.07, 6.45) is 25.1. The topological polar surface area (TPSA) is 12.0 Å². The highest BCUT2D eigenvalue weighted by Crippen LogP contribution is 2.14. The Morgan fingerprint density at radius 1 is 0.471 bits per heavy atom. The number of benzene rings is 2. The van der Waals surface area contributed by atoms with Crippen LogP contribution < -0.4 is 5.32 Å². The quantitative estimate of drug-likeness (QED) is 0.171. The van der Waals surface area contributed by atoms with E-state index in [2.05, 4.69) is 72.9 Å². The van der Waals surface area contributed by atoms with Gasteiger partial charge in [0.2, 0.25) is 0 Å². The molecule has 0 saturated heterocycles. The molecule has 1 N–H and O–H groups in total. The standard InChI is InChI=1S/C33H53N/c1-2-3-4-5-6-7-8-9-10-11-12-13-14-15-16-23-28-34-33(29-31-24-19-17-20-25-31)30-32-26-21-18-22-27-32/h17-22,24-27,33-34H,2-16,23,28-30H2,1H3. The van der Waals surface area contributed by atoms with Crippen molar-refractivity contribution < 1.29 is 0 Å². The van der Waals surface area contributed by atoms with Crippen molar-refractivity contribution in [2.45, 2.75) is 129 Å². The molecule has 2 aromatic rings. The Morgan fingerprint density at radius 3 is 1.21 bits per heavy atom. The Kier molecular flexibility index (Phi) is 17.5. The lowest BCUT2D eigenvalue weighted by molar-refractivity contribution is 0.480. The predicted molar refractivity (Wildman–Crippen MR) is 152 cm³/mol. The van der Waals surface area contributed by atoms with Crippen LogP contribution in [0.3, 0.4) is 0 Å². The molecule has 0 fully saturated rings. The summed E-state index contributed by atoms with van der Waals surface area (Å²) in [6, 6.07) is 22.4. The van der Waals surface area contributed by atoms with E-state index in [0.717, 1.165) is 19.4 Å². The van der Waals surface area contributed by atoms with Gasteiger partial charge < -0.3 is 5.32 Å². The van der Waals surface area contributed by atoms with Gasteiger partial charge in [0, 0.05) is 6.04 Å². The lowest BCUT2D eigenvalue weighted by Gasteiger charge is -2.19. The summed E-state index contributed by atoms with van der Waals surface area (Å²) in [4.78, 5) is 0. The van der Waals surface area contributed by atoms with Crippen molar-refractivity contribution in [3.63, 3.8) is 0 Å². The van der Waals surface area contributed by atoms with Crippen LogP contribution in [0.25, 0.3) is 0 Å². The van der Waals surface area contributed by atoms with Gasteiger partial charge in [-0.1, -0.05) is 164 Å². The van der Waals surface area contributed by atoms with Crippen LogP contribution in [0.4, 0.5) is 0 Å². The Bertz CT molecular complexity index is 624. The number of unbranched alkanes of at least 4 members (excludes halogenated alkanes) is 15. The summed E-state index contributed by atoms with van der Waals surface area (Å²) in [7, 11) is 0. The highest BCUT2D eigenvalue weighted by Gasteiger charge is 2.10. The van der Waals surface area contributed by atoms with Crippen LogP contribution in [0, 0.1) is 0 Å². The average Bonchev–Trinajstić information content (AvgIpc) is 2.87. The van der Waals surface area contributed by atoms with Crippen LogP contribution in [0.2, 0.25) is 0 Å². The fourth-order valence-electron chi connectivity index (χ4n) is 4.99. The molecule has 2 aromatic carbocycles. The Morgan fingerprint density at radius 2 is 0.824 bits per heavy atom. The molecule has 0 saturated carbocycles. The second-order valence-electron chi connectivity index (χ2n) is 10.3. The molecule has 2 rings (SSSR count). The van der Waals surface area contributed by atoms with Crippen LogP contribution in [-0.4, -0.2) is 12.6 Å². The van der Waals surface area contributed by atoms with Gasteiger partial charge in [-0.25, -0.2) is 0 Å². The normalized spacial score (nSPS) is 11.4. The third-order valence-electron chi connectivity index (χ3n) is 7.11. The first-order valence-electron chi connectivity index (χ1n) is 14.7. The number of rotatable bonds is 22. The minimum absolute atomic E-state index is 0.515. The molecule has 1 nitrogen and oxygen atoms in total. The minimum atomic E-state index is 0.515. The van der Waals surface area contributed by atoms with Crippen LogP contribution in [0.15, 0.2) is 60.7 Å². The van der Waals surface area contributed by atoms with Gasteiger partial charge in [-0.3, -0.25) is 0 Å². The highest BCUT2D eigenvalue weighted by molar-refractivity contribution is 5.19. The monoisotopic (exact) mass is 463 g/mol. The molecule has 1 heteroatoms. The summed E-state index contributed by atoms with van der Waals surface area (Å²) >= 11 is 0. The predicted octanol–water partition coefficient (Wildman–Crippen LogP) is 9.69. The molecule has 0 spiro atoms. The van der Waals surface area contributed by atoms with E-state index in [9.17, 15) is 0 Å². The molecule has 34 heavy (non-hydrogen) atoms. The third-order valence-corrected chi connectivity index (χ3v) is 7.11. The molecule has 0 aliphatic rings. The van der Waals surface area contributed by atoms with E-state index in [-0.39, 0.29) is 0 Å². The second kappa shape index (κ2) is 20.7. The Hall–Kier alpha value is -1.60. The molecule has 0 heterocycles. The summed E-state index contributed by atoms with van der Waals surface area (Å²) in [5, 5.41) is 3.87. The minimum Gasteiger partial charge on any atom is -0.313 e. The summed E-state index contributed by atoms with van der Waals surface area (Å²) < 4.78 is 0. The van der Waals surface area contributed by atoms with Crippen molar-refractivity contribution in [2.75, 3.05) is 6.54 Å². The fraction of sp³-hybridized carbons (Fsp3) is 0.636. The van der Waals surface area contributed by atoms with Gasteiger partial charge in [0.15, 0.2) is 0 Å².